The van der Waals surface area contributed by atoms with Crippen LogP contribution < -0.4 is 5.32 Å². The summed E-state index contributed by atoms with van der Waals surface area (Å²) in [6.45, 7) is 4.17. The molecule has 0 aliphatic carbocycles. The summed E-state index contributed by atoms with van der Waals surface area (Å²) in [6, 6.07) is 6.09. The van der Waals surface area contributed by atoms with E-state index in [1.165, 1.54) is 11.3 Å². The molecule has 2 nitrogen and oxygen atoms in total. The van der Waals surface area contributed by atoms with E-state index in [-0.39, 0.29) is 0 Å². The fourth-order valence-electron chi connectivity index (χ4n) is 1.61. The minimum Gasteiger partial charge on any atom is -0.383 e. The molecule has 16 heavy (non-hydrogen) atoms. The molecule has 0 bridgehead atoms. The Hall–Kier alpha value is -0.730. The van der Waals surface area contributed by atoms with Crippen LogP contribution in [0.2, 0.25) is 5.02 Å². The smallest absolute Gasteiger partial charge is 0.0426 e. The van der Waals surface area contributed by atoms with E-state index in [4.69, 9.17) is 11.6 Å². The van der Waals surface area contributed by atoms with Crippen LogP contribution in [-0.4, -0.2) is 32.1 Å². The van der Waals surface area contributed by atoms with Crippen LogP contribution in [0.4, 0.5) is 5.69 Å². The lowest BCUT2D eigenvalue weighted by Crippen LogP contribution is -2.21. The molecule has 3 heteroatoms. The zero-order chi connectivity index (χ0) is 12.0. The first kappa shape index (κ1) is 13.3. The van der Waals surface area contributed by atoms with Gasteiger partial charge in [0.1, 0.15) is 0 Å². The first-order valence-electron chi connectivity index (χ1n) is 5.80. The van der Waals surface area contributed by atoms with Crippen molar-refractivity contribution in [3.8, 4) is 0 Å². The standard InChI is InChI=1S/C13H21ClN2/c1-4-5-11-6-7-12(14)10-13(11)15-8-9-16(2)3/h6-7,10,15H,4-5,8-9H2,1-3H3. The summed E-state index contributed by atoms with van der Waals surface area (Å²) in [7, 11) is 4.15. The molecule has 0 radical (unpaired) electrons. The van der Waals surface area contributed by atoms with Crippen molar-refractivity contribution in [2.75, 3.05) is 32.5 Å². The molecule has 0 amide bonds. The van der Waals surface area contributed by atoms with E-state index in [1.807, 2.05) is 12.1 Å². The number of benzene rings is 1. The highest BCUT2D eigenvalue weighted by Crippen LogP contribution is 2.22. The topological polar surface area (TPSA) is 15.3 Å². The van der Waals surface area contributed by atoms with Crippen LogP contribution in [0, 0.1) is 0 Å². The van der Waals surface area contributed by atoms with Crippen molar-refractivity contribution in [1.82, 2.24) is 4.90 Å². The van der Waals surface area contributed by atoms with Gasteiger partial charge in [-0.05, 0) is 38.2 Å². The summed E-state index contributed by atoms with van der Waals surface area (Å²) in [5.74, 6) is 0. The summed E-state index contributed by atoms with van der Waals surface area (Å²) >= 11 is 6.01. The van der Waals surface area contributed by atoms with Crippen LogP contribution in [0.15, 0.2) is 18.2 Å². The predicted octanol–water partition coefficient (Wildman–Crippen LogP) is 3.27. The Bertz CT molecular complexity index is 324. The van der Waals surface area contributed by atoms with Crippen molar-refractivity contribution in [2.45, 2.75) is 19.8 Å². The number of rotatable bonds is 6. The number of nitrogens with one attached hydrogen (secondary N) is 1. The van der Waals surface area contributed by atoms with E-state index < -0.39 is 0 Å². The predicted molar refractivity (Wildman–Crippen MR) is 72.5 cm³/mol. The molecule has 0 heterocycles. The number of halogens is 1. The average Bonchev–Trinajstić information content (AvgIpc) is 2.21. The Morgan fingerprint density at radius 2 is 2.06 bits per heavy atom. The van der Waals surface area contributed by atoms with E-state index >= 15 is 0 Å². The van der Waals surface area contributed by atoms with Gasteiger partial charge in [-0.15, -0.1) is 0 Å². The Balaban J connectivity index is 2.64. The fraction of sp³-hybridized carbons (Fsp3) is 0.538. The van der Waals surface area contributed by atoms with Gasteiger partial charge >= 0.3 is 0 Å². The maximum absolute atomic E-state index is 6.01. The van der Waals surface area contributed by atoms with Crippen molar-refractivity contribution in [3.63, 3.8) is 0 Å². The summed E-state index contributed by atoms with van der Waals surface area (Å²) in [6.07, 6.45) is 2.26. The Morgan fingerprint density at radius 1 is 1.31 bits per heavy atom. The lowest BCUT2D eigenvalue weighted by atomic mass is 10.1. The number of hydrogen-bond donors (Lipinski definition) is 1. The second-order valence-electron chi connectivity index (χ2n) is 4.28. The number of hydrogen-bond acceptors (Lipinski definition) is 2. The summed E-state index contributed by atoms with van der Waals surface area (Å²) in [5.41, 5.74) is 2.53. The molecule has 0 saturated heterocycles. The van der Waals surface area contributed by atoms with Crippen molar-refractivity contribution in [1.29, 1.82) is 0 Å². The van der Waals surface area contributed by atoms with E-state index in [1.54, 1.807) is 0 Å². The second-order valence-corrected chi connectivity index (χ2v) is 4.72. The summed E-state index contributed by atoms with van der Waals surface area (Å²) < 4.78 is 0. The van der Waals surface area contributed by atoms with Crippen LogP contribution in [0.25, 0.3) is 0 Å². The van der Waals surface area contributed by atoms with Gasteiger partial charge in [0.2, 0.25) is 0 Å². The van der Waals surface area contributed by atoms with Gasteiger partial charge in [-0.3, -0.25) is 0 Å². The molecule has 1 rings (SSSR count). The molecular formula is C13H21ClN2. The zero-order valence-electron chi connectivity index (χ0n) is 10.4. The van der Waals surface area contributed by atoms with Gasteiger partial charge in [-0.1, -0.05) is 31.0 Å². The summed E-state index contributed by atoms with van der Waals surface area (Å²) in [4.78, 5) is 2.16. The second kappa shape index (κ2) is 6.77. The summed E-state index contributed by atoms with van der Waals surface area (Å²) in [5, 5.41) is 4.24. The van der Waals surface area contributed by atoms with Gasteiger partial charge in [0.15, 0.2) is 0 Å². The van der Waals surface area contributed by atoms with Crippen LogP contribution in [-0.2, 0) is 6.42 Å². The molecule has 0 aromatic heterocycles. The zero-order valence-corrected chi connectivity index (χ0v) is 11.1. The van der Waals surface area contributed by atoms with Gasteiger partial charge < -0.3 is 10.2 Å². The normalized spacial score (nSPS) is 10.8. The molecule has 0 aliphatic heterocycles. The molecule has 90 valence electrons. The van der Waals surface area contributed by atoms with E-state index in [0.29, 0.717) is 0 Å². The highest BCUT2D eigenvalue weighted by Gasteiger charge is 2.02. The van der Waals surface area contributed by atoms with Gasteiger partial charge in [-0.25, -0.2) is 0 Å². The lowest BCUT2D eigenvalue weighted by Gasteiger charge is -2.14. The van der Waals surface area contributed by atoms with Gasteiger partial charge in [-0.2, -0.15) is 0 Å². The molecule has 0 spiro atoms. The third-order valence-electron chi connectivity index (χ3n) is 2.47. The highest BCUT2D eigenvalue weighted by atomic mass is 35.5. The molecule has 1 aromatic carbocycles. The maximum Gasteiger partial charge on any atom is 0.0426 e. The van der Waals surface area contributed by atoms with Crippen molar-refractivity contribution in [3.05, 3.63) is 28.8 Å². The van der Waals surface area contributed by atoms with E-state index in [2.05, 4.69) is 37.3 Å². The van der Waals surface area contributed by atoms with Crippen molar-refractivity contribution in [2.24, 2.45) is 0 Å². The van der Waals surface area contributed by atoms with Gasteiger partial charge in [0.25, 0.3) is 0 Å². The minimum atomic E-state index is 0.798. The molecule has 0 atom stereocenters. The Labute approximate surface area is 104 Å². The largest absolute Gasteiger partial charge is 0.383 e. The number of anilines is 1. The monoisotopic (exact) mass is 240 g/mol. The molecule has 0 aliphatic rings. The Kier molecular flexibility index (Phi) is 5.64. The number of likely N-dealkylation sites (N-methyl/N-ethyl adjacent to an activating group) is 1. The fourth-order valence-corrected chi connectivity index (χ4v) is 1.79. The average molecular weight is 241 g/mol. The number of nitrogens with zero attached hydrogens (tertiary/aromatic N) is 1. The SMILES string of the molecule is CCCc1ccc(Cl)cc1NCCN(C)C. The highest BCUT2D eigenvalue weighted by molar-refractivity contribution is 6.30. The van der Waals surface area contributed by atoms with Crippen LogP contribution in [0.3, 0.4) is 0 Å². The molecule has 0 fully saturated rings. The first-order valence-corrected chi connectivity index (χ1v) is 6.18. The van der Waals surface area contributed by atoms with E-state index in [9.17, 15) is 0 Å². The van der Waals surface area contributed by atoms with Gasteiger partial charge in [0.05, 0.1) is 0 Å². The lowest BCUT2D eigenvalue weighted by molar-refractivity contribution is 0.425. The molecule has 1 aromatic rings. The van der Waals surface area contributed by atoms with Crippen LogP contribution >= 0.6 is 11.6 Å². The molecule has 0 unspecified atom stereocenters. The third kappa shape index (κ3) is 4.42. The van der Waals surface area contributed by atoms with Crippen LogP contribution in [0.1, 0.15) is 18.9 Å². The maximum atomic E-state index is 6.01. The molecular weight excluding hydrogens is 220 g/mol. The van der Waals surface area contributed by atoms with Crippen LogP contribution in [0.5, 0.6) is 0 Å². The Morgan fingerprint density at radius 3 is 2.69 bits per heavy atom. The third-order valence-corrected chi connectivity index (χ3v) is 2.70. The number of aryl methyl sites for hydroxylation is 1. The van der Waals surface area contributed by atoms with Crippen molar-refractivity contribution < 1.29 is 0 Å². The van der Waals surface area contributed by atoms with Crippen molar-refractivity contribution >= 4 is 17.3 Å². The van der Waals surface area contributed by atoms with E-state index in [0.717, 1.165) is 31.0 Å². The molecule has 0 saturated carbocycles. The quantitative estimate of drug-likeness (QED) is 0.821. The first-order chi connectivity index (χ1) is 7.63. The molecule has 1 N–H and O–H groups in total. The minimum absolute atomic E-state index is 0.798. The van der Waals surface area contributed by atoms with Gasteiger partial charge in [0, 0.05) is 23.8 Å².